The minimum absolute atomic E-state index is 0.0838. The Kier molecular flexibility index (Phi) is 7.61. The Morgan fingerprint density at radius 2 is 1.89 bits per heavy atom. The van der Waals surface area contributed by atoms with Crippen molar-refractivity contribution in [2.24, 2.45) is 11.8 Å². The second-order valence-electron chi connectivity index (χ2n) is 10.8. The molecule has 3 aliphatic heterocycles. The van der Waals surface area contributed by atoms with E-state index < -0.39 is 29.6 Å². The van der Waals surface area contributed by atoms with Crippen molar-refractivity contribution < 1.29 is 23.9 Å². The fourth-order valence-corrected chi connectivity index (χ4v) is 6.47. The van der Waals surface area contributed by atoms with Crippen LogP contribution < -0.4 is 10.6 Å². The van der Waals surface area contributed by atoms with Gasteiger partial charge in [0.15, 0.2) is 0 Å². The number of ether oxygens (including phenoxy) is 2. The Labute approximate surface area is 223 Å². The van der Waals surface area contributed by atoms with Crippen molar-refractivity contribution in [1.29, 1.82) is 0 Å². The maximum absolute atomic E-state index is 13.9. The first-order valence-electron chi connectivity index (χ1n) is 13.5. The van der Waals surface area contributed by atoms with Crippen LogP contribution in [0.2, 0.25) is 5.02 Å². The lowest BCUT2D eigenvalue weighted by Gasteiger charge is -2.34. The van der Waals surface area contributed by atoms with Crippen LogP contribution in [0.5, 0.6) is 0 Å². The van der Waals surface area contributed by atoms with Gasteiger partial charge in [-0.2, -0.15) is 0 Å². The highest BCUT2D eigenvalue weighted by atomic mass is 35.5. The van der Waals surface area contributed by atoms with E-state index in [4.69, 9.17) is 21.1 Å². The van der Waals surface area contributed by atoms with Gasteiger partial charge in [0.1, 0.15) is 11.6 Å². The van der Waals surface area contributed by atoms with Gasteiger partial charge in [-0.25, -0.2) is 0 Å². The maximum atomic E-state index is 13.9. The predicted octanol–water partition coefficient (Wildman–Crippen LogP) is 3.69. The van der Waals surface area contributed by atoms with Crippen LogP contribution in [0.4, 0.5) is 5.69 Å². The standard InChI is InChI=1S/C28H36ClN3O5/c1-17(2)36-16-6-15-32-24(26(34)31-19-7-4-3-5-8-19)28-14-13-21(37-28)22(23(28)27(32)35)25(33)30-20-11-9-18(29)10-12-20/h9-14,17,19,21-24H,3-8,15-16H2,1-2H3,(H,30,33)(H,31,34)/t21-,22-,23-,24-,28+/m1/s1. The summed E-state index contributed by atoms with van der Waals surface area (Å²) in [5.74, 6) is -2.20. The molecule has 8 nitrogen and oxygen atoms in total. The summed E-state index contributed by atoms with van der Waals surface area (Å²) in [6.07, 6.45) is 9.04. The number of amides is 3. The lowest BCUT2D eigenvalue weighted by atomic mass is 9.74. The monoisotopic (exact) mass is 529 g/mol. The zero-order valence-electron chi connectivity index (χ0n) is 21.5. The normalized spacial score (nSPS) is 30.7. The van der Waals surface area contributed by atoms with Gasteiger partial charge in [0.05, 0.1) is 24.0 Å². The molecule has 0 unspecified atom stereocenters. The number of carbonyl (C=O) groups excluding carboxylic acids is 3. The van der Waals surface area contributed by atoms with Gasteiger partial charge in [-0.3, -0.25) is 14.4 Å². The zero-order chi connectivity index (χ0) is 26.2. The maximum Gasteiger partial charge on any atom is 0.246 e. The highest BCUT2D eigenvalue weighted by Gasteiger charge is 2.72. The van der Waals surface area contributed by atoms with Crippen molar-refractivity contribution in [1.82, 2.24) is 10.2 Å². The number of nitrogens with one attached hydrogen (secondary N) is 2. The van der Waals surface area contributed by atoms with Gasteiger partial charge in [-0.05, 0) is 57.4 Å². The number of fused-ring (bicyclic) bond motifs is 1. The molecule has 3 amide bonds. The van der Waals surface area contributed by atoms with Gasteiger partial charge in [-0.15, -0.1) is 0 Å². The number of halogens is 1. The number of hydrogen-bond donors (Lipinski definition) is 2. The molecule has 9 heteroatoms. The van der Waals surface area contributed by atoms with Crippen molar-refractivity contribution in [3.8, 4) is 0 Å². The van der Waals surface area contributed by atoms with Crippen LogP contribution in [0, 0.1) is 11.8 Å². The van der Waals surface area contributed by atoms with Gasteiger partial charge in [0, 0.05) is 29.9 Å². The number of carbonyl (C=O) groups is 3. The summed E-state index contributed by atoms with van der Waals surface area (Å²) >= 11 is 5.98. The molecular weight excluding hydrogens is 494 g/mol. The quantitative estimate of drug-likeness (QED) is 0.375. The molecule has 1 aromatic rings. The van der Waals surface area contributed by atoms with E-state index in [0.717, 1.165) is 25.7 Å². The molecule has 37 heavy (non-hydrogen) atoms. The number of anilines is 1. The highest BCUT2D eigenvalue weighted by Crippen LogP contribution is 2.55. The van der Waals surface area contributed by atoms with Crippen LogP contribution in [0.1, 0.15) is 52.4 Å². The molecule has 200 valence electrons. The van der Waals surface area contributed by atoms with Crippen LogP contribution in [0.3, 0.4) is 0 Å². The Balaban J connectivity index is 1.39. The Morgan fingerprint density at radius 3 is 2.59 bits per heavy atom. The van der Waals surface area contributed by atoms with Gasteiger partial charge < -0.3 is 25.0 Å². The summed E-state index contributed by atoms with van der Waals surface area (Å²) in [6, 6.07) is 6.12. The third-order valence-corrected chi connectivity index (χ3v) is 8.23. The lowest BCUT2D eigenvalue weighted by Crippen LogP contribution is -2.56. The predicted molar refractivity (Wildman–Crippen MR) is 140 cm³/mol. The number of rotatable bonds is 9. The molecule has 1 spiro atoms. The smallest absolute Gasteiger partial charge is 0.246 e. The molecule has 4 aliphatic rings. The fraction of sp³-hybridized carbons (Fsp3) is 0.607. The minimum atomic E-state index is -1.15. The number of nitrogens with zero attached hydrogens (tertiary/aromatic N) is 1. The average Bonchev–Trinajstić information content (AvgIpc) is 3.51. The molecule has 5 atom stereocenters. The summed E-state index contributed by atoms with van der Waals surface area (Å²) in [6.45, 7) is 4.77. The van der Waals surface area contributed by atoms with E-state index in [1.807, 2.05) is 26.0 Å². The molecule has 1 aromatic carbocycles. The first kappa shape index (κ1) is 26.2. The van der Waals surface area contributed by atoms with E-state index in [1.165, 1.54) is 6.42 Å². The summed E-state index contributed by atoms with van der Waals surface area (Å²) in [5.41, 5.74) is -0.559. The molecule has 3 fully saturated rings. The van der Waals surface area contributed by atoms with Crippen LogP contribution in [0.15, 0.2) is 36.4 Å². The summed E-state index contributed by atoms with van der Waals surface area (Å²) in [5, 5.41) is 6.69. The molecule has 0 aromatic heterocycles. The third-order valence-electron chi connectivity index (χ3n) is 7.98. The molecule has 2 saturated heterocycles. The fourth-order valence-electron chi connectivity index (χ4n) is 6.35. The Hall–Kier alpha value is -2.42. The van der Waals surface area contributed by atoms with Crippen LogP contribution in [-0.2, 0) is 23.9 Å². The van der Waals surface area contributed by atoms with E-state index in [2.05, 4.69) is 10.6 Å². The molecule has 1 aliphatic carbocycles. The van der Waals surface area contributed by atoms with Gasteiger partial charge in [0.25, 0.3) is 0 Å². The van der Waals surface area contributed by atoms with Gasteiger partial charge in [-0.1, -0.05) is 43.0 Å². The molecule has 2 N–H and O–H groups in total. The van der Waals surface area contributed by atoms with E-state index in [1.54, 1.807) is 29.2 Å². The SMILES string of the molecule is CC(C)OCCCN1C(=O)[C@H]2[C@H](C(=O)Nc3ccc(Cl)cc3)[C@H]3C=C[C@@]2(O3)[C@H]1C(=O)NC1CCCCC1. The van der Waals surface area contributed by atoms with E-state index in [-0.39, 0.29) is 29.9 Å². The third kappa shape index (κ3) is 5.03. The highest BCUT2D eigenvalue weighted by molar-refractivity contribution is 6.30. The molecule has 3 heterocycles. The number of benzene rings is 1. The first-order valence-corrected chi connectivity index (χ1v) is 13.8. The van der Waals surface area contributed by atoms with Crippen LogP contribution in [0.25, 0.3) is 0 Å². The van der Waals surface area contributed by atoms with Crippen molar-refractivity contribution >= 4 is 35.0 Å². The zero-order valence-corrected chi connectivity index (χ0v) is 22.2. The molecular formula is C28H36ClN3O5. The van der Waals surface area contributed by atoms with E-state index >= 15 is 0 Å². The van der Waals surface area contributed by atoms with Crippen molar-refractivity contribution in [2.45, 2.75) is 82.3 Å². The first-order chi connectivity index (χ1) is 17.8. The van der Waals surface area contributed by atoms with Crippen LogP contribution >= 0.6 is 11.6 Å². The second-order valence-corrected chi connectivity index (χ2v) is 11.3. The van der Waals surface area contributed by atoms with Gasteiger partial charge in [0.2, 0.25) is 17.7 Å². The van der Waals surface area contributed by atoms with E-state index in [9.17, 15) is 14.4 Å². The van der Waals surface area contributed by atoms with Crippen molar-refractivity contribution in [2.75, 3.05) is 18.5 Å². The topological polar surface area (TPSA) is 97.0 Å². The summed E-state index contributed by atoms with van der Waals surface area (Å²) < 4.78 is 12.1. The minimum Gasteiger partial charge on any atom is -0.379 e. The molecule has 0 radical (unpaired) electrons. The lowest BCUT2D eigenvalue weighted by molar-refractivity contribution is -0.141. The van der Waals surface area contributed by atoms with Crippen molar-refractivity contribution in [3.63, 3.8) is 0 Å². The summed E-state index contributed by atoms with van der Waals surface area (Å²) in [4.78, 5) is 42.8. The van der Waals surface area contributed by atoms with Gasteiger partial charge >= 0.3 is 0 Å². The number of likely N-dealkylation sites (tertiary alicyclic amines) is 1. The molecule has 2 bridgehead atoms. The second kappa shape index (κ2) is 10.8. The molecule has 5 rings (SSSR count). The molecule has 1 saturated carbocycles. The van der Waals surface area contributed by atoms with E-state index in [0.29, 0.717) is 30.3 Å². The summed E-state index contributed by atoms with van der Waals surface area (Å²) in [7, 11) is 0. The van der Waals surface area contributed by atoms with Crippen molar-refractivity contribution in [3.05, 3.63) is 41.4 Å². The average molecular weight is 530 g/mol. The number of hydrogen-bond acceptors (Lipinski definition) is 5. The Morgan fingerprint density at radius 1 is 1.16 bits per heavy atom. The Bertz CT molecular complexity index is 1050. The van der Waals surface area contributed by atoms with Crippen LogP contribution in [-0.4, -0.2) is 65.7 Å². The largest absolute Gasteiger partial charge is 0.379 e.